The molecule has 1 atom stereocenters. The number of methoxy groups -OCH3 is 1. The molecule has 2 aromatic heterocycles. The highest BCUT2D eigenvalue weighted by Gasteiger charge is 2.16. The molecular formula is C23H22N4O4S. The monoisotopic (exact) mass is 450 g/mol. The number of nitrogens with one attached hydrogen (secondary N) is 1. The van der Waals surface area contributed by atoms with Crippen LogP contribution in [0.5, 0.6) is 11.5 Å². The van der Waals surface area contributed by atoms with E-state index in [-0.39, 0.29) is 18.0 Å². The number of carbonyl (C=O) groups excluding carboxylic acids is 1. The Balaban J connectivity index is 1.46. The van der Waals surface area contributed by atoms with E-state index in [0.717, 1.165) is 16.9 Å². The van der Waals surface area contributed by atoms with E-state index in [1.807, 2.05) is 49.4 Å². The van der Waals surface area contributed by atoms with Crippen molar-refractivity contribution in [1.82, 2.24) is 19.9 Å². The fourth-order valence-electron chi connectivity index (χ4n) is 3.06. The number of nitrogens with zero attached hydrogens (tertiary/aromatic N) is 3. The molecule has 0 aliphatic carbocycles. The number of benzene rings is 2. The van der Waals surface area contributed by atoms with Gasteiger partial charge in [0.15, 0.2) is 6.10 Å². The first-order chi connectivity index (χ1) is 15.4. The van der Waals surface area contributed by atoms with Crippen LogP contribution in [0.2, 0.25) is 0 Å². The molecule has 4 aromatic rings. The Kier molecular flexibility index (Phi) is 6.18. The number of ether oxygens (including phenoxy) is 2. The van der Waals surface area contributed by atoms with E-state index in [9.17, 15) is 9.59 Å². The van der Waals surface area contributed by atoms with Crippen LogP contribution in [0.25, 0.3) is 15.5 Å². The summed E-state index contributed by atoms with van der Waals surface area (Å²) in [5, 5.41) is 7.81. The molecule has 4 rings (SSSR count). The molecule has 9 heteroatoms. The lowest BCUT2D eigenvalue weighted by Crippen LogP contribution is -2.36. The maximum Gasteiger partial charge on any atom is 0.275 e. The molecule has 0 aliphatic heterocycles. The second-order valence-corrected chi connectivity index (χ2v) is 8.17. The van der Waals surface area contributed by atoms with Gasteiger partial charge in [-0.25, -0.2) is 4.98 Å². The van der Waals surface area contributed by atoms with Crippen molar-refractivity contribution in [2.45, 2.75) is 26.5 Å². The topological polar surface area (TPSA) is 94.8 Å². The van der Waals surface area contributed by atoms with E-state index in [4.69, 9.17) is 9.47 Å². The zero-order valence-electron chi connectivity index (χ0n) is 17.9. The van der Waals surface area contributed by atoms with Gasteiger partial charge in [0.1, 0.15) is 16.5 Å². The number of fused-ring (bicyclic) bond motifs is 1. The van der Waals surface area contributed by atoms with E-state index in [1.54, 1.807) is 20.1 Å². The minimum Gasteiger partial charge on any atom is -0.497 e. The van der Waals surface area contributed by atoms with Crippen LogP contribution in [0, 0.1) is 6.92 Å². The average molecular weight is 451 g/mol. The predicted octanol–water partition coefficient (Wildman–Crippen LogP) is 3.22. The van der Waals surface area contributed by atoms with Crippen molar-refractivity contribution in [2.75, 3.05) is 7.11 Å². The standard InChI is InChI=1S/C23H22N4O4S/c1-14-5-4-6-19(11-14)31-15(2)21(29)24-13-17-12-20(28)27-23(25-17)32-22(26-27)16-7-9-18(30-3)10-8-16/h4-12,15H,13H2,1-3H3,(H,24,29)/t15-/m1/s1. The van der Waals surface area contributed by atoms with E-state index >= 15 is 0 Å². The quantitative estimate of drug-likeness (QED) is 0.465. The highest BCUT2D eigenvalue weighted by atomic mass is 32.1. The Morgan fingerprint density at radius 3 is 2.66 bits per heavy atom. The normalized spacial score (nSPS) is 11.8. The highest BCUT2D eigenvalue weighted by Crippen LogP contribution is 2.26. The maximum atomic E-state index is 12.5. The predicted molar refractivity (Wildman–Crippen MR) is 122 cm³/mol. The molecule has 1 N–H and O–H groups in total. The summed E-state index contributed by atoms with van der Waals surface area (Å²) in [6, 6.07) is 16.3. The van der Waals surface area contributed by atoms with Gasteiger partial charge in [-0.1, -0.05) is 23.5 Å². The lowest BCUT2D eigenvalue weighted by Gasteiger charge is -2.14. The highest BCUT2D eigenvalue weighted by molar-refractivity contribution is 7.19. The molecule has 164 valence electrons. The molecule has 0 aliphatic rings. The molecule has 0 bridgehead atoms. The summed E-state index contributed by atoms with van der Waals surface area (Å²) in [6.45, 7) is 3.74. The molecule has 0 radical (unpaired) electrons. The maximum absolute atomic E-state index is 12.5. The number of aryl methyl sites for hydroxylation is 1. The van der Waals surface area contributed by atoms with Gasteiger partial charge in [-0.3, -0.25) is 9.59 Å². The van der Waals surface area contributed by atoms with Gasteiger partial charge >= 0.3 is 0 Å². The Hall–Kier alpha value is -3.72. The van der Waals surface area contributed by atoms with Crippen LogP contribution < -0.4 is 20.3 Å². The minimum atomic E-state index is -0.688. The second-order valence-electron chi connectivity index (χ2n) is 7.21. The summed E-state index contributed by atoms with van der Waals surface area (Å²) < 4.78 is 12.1. The van der Waals surface area contributed by atoms with Crippen molar-refractivity contribution in [3.8, 4) is 22.1 Å². The van der Waals surface area contributed by atoms with Crippen molar-refractivity contribution in [2.24, 2.45) is 0 Å². The van der Waals surface area contributed by atoms with Crippen LogP contribution in [0.1, 0.15) is 18.2 Å². The van der Waals surface area contributed by atoms with E-state index < -0.39 is 6.10 Å². The first-order valence-corrected chi connectivity index (χ1v) is 10.8. The third-order valence-electron chi connectivity index (χ3n) is 4.75. The first kappa shape index (κ1) is 21.5. The summed E-state index contributed by atoms with van der Waals surface area (Å²) in [5.41, 5.74) is 2.06. The van der Waals surface area contributed by atoms with Crippen LogP contribution >= 0.6 is 11.3 Å². The minimum absolute atomic E-state index is 0.113. The number of rotatable bonds is 7. The lowest BCUT2D eigenvalue weighted by molar-refractivity contribution is -0.127. The summed E-state index contributed by atoms with van der Waals surface area (Å²) in [5.74, 6) is 1.07. The first-order valence-electron chi connectivity index (χ1n) is 9.98. The zero-order chi connectivity index (χ0) is 22.7. The van der Waals surface area contributed by atoms with Gasteiger partial charge in [-0.15, -0.1) is 0 Å². The summed E-state index contributed by atoms with van der Waals surface area (Å²) in [6.07, 6.45) is -0.688. The Labute approximate surface area is 188 Å². The number of amides is 1. The SMILES string of the molecule is COc1ccc(-c2nn3c(=O)cc(CNC(=O)[C@@H](C)Oc4cccc(C)c4)nc3s2)cc1. The van der Waals surface area contributed by atoms with Gasteiger partial charge in [-0.2, -0.15) is 9.61 Å². The zero-order valence-corrected chi connectivity index (χ0v) is 18.7. The molecule has 2 heterocycles. The summed E-state index contributed by atoms with van der Waals surface area (Å²) >= 11 is 1.30. The molecule has 0 spiro atoms. The van der Waals surface area contributed by atoms with Crippen LogP contribution in [-0.2, 0) is 11.3 Å². The van der Waals surface area contributed by atoms with Crippen molar-refractivity contribution in [3.63, 3.8) is 0 Å². The fraction of sp³-hybridized carbons (Fsp3) is 0.217. The van der Waals surface area contributed by atoms with Crippen molar-refractivity contribution in [1.29, 1.82) is 0 Å². The molecule has 32 heavy (non-hydrogen) atoms. The van der Waals surface area contributed by atoms with Gasteiger partial charge in [-0.05, 0) is 55.8 Å². The number of hydrogen-bond acceptors (Lipinski definition) is 7. The third kappa shape index (κ3) is 4.78. The van der Waals surface area contributed by atoms with Crippen LogP contribution in [0.4, 0.5) is 0 Å². The Bertz CT molecular complexity index is 1310. The van der Waals surface area contributed by atoms with Crippen LogP contribution in [-0.4, -0.2) is 33.7 Å². The molecule has 0 unspecified atom stereocenters. The molecule has 8 nitrogen and oxygen atoms in total. The van der Waals surface area contributed by atoms with Crippen molar-refractivity contribution >= 4 is 22.2 Å². The Morgan fingerprint density at radius 2 is 1.94 bits per heavy atom. The van der Waals surface area contributed by atoms with Crippen LogP contribution in [0.15, 0.2) is 59.4 Å². The fourth-order valence-corrected chi connectivity index (χ4v) is 3.99. The van der Waals surface area contributed by atoms with Gasteiger partial charge in [0, 0.05) is 11.6 Å². The molecular weight excluding hydrogens is 428 g/mol. The van der Waals surface area contributed by atoms with Gasteiger partial charge < -0.3 is 14.8 Å². The Morgan fingerprint density at radius 1 is 1.16 bits per heavy atom. The summed E-state index contributed by atoms with van der Waals surface area (Å²) in [7, 11) is 1.60. The average Bonchev–Trinajstić information content (AvgIpc) is 3.22. The van der Waals surface area contributed by atoms with Crippen molar-refractivity contribution in [3.05, 3.63) is 76.2 Å². The van der Waals surface area contributed by atoms with Gasteiger partial charge in [0.2, 0.25) is 4.96 Å². The van der Waals surface area contributed by atoms with E-state index in [0.29, 0.717) is 21.4 Å². The number of aromatic nitrogens is 3. The molecule has 1 amide bonds. The number of hydrogen-bond donors (Lipinski definition) is 1. The molecule has 0 saturated carbocycles. The third-order valence-corrected chi connectivity index (χ3v) is 5.71. The van der Waals surface area contributed by atoms with Crippen LogP contribution in [0.3, 0.4) is 0 Å². The van der Waals surface area contributed by atoms with Gasteiger partial charge in [0.05, 0.1) is 19.3 Å². The molecule has 2 aromatic carbocycles. The second kappa shape index (κ2) is 9.19. The van der Waals surface area contributed by atoms with Gasteiger partial charge in [0.25, 0.3) is 11.5 Å². The van der Waals surface area contributed by atoms with E-state index in [2.05, 4.69) is 15.4 Å². The molecule has 0 saturated heterocycles. The van der Waals surface area contributed by atoms with E-state index in [1.165, 1.54) is 21.9 Å². The molecule has 0 fully saturated rings. The largest absolute Gasteiger partial charge is 0.497 e. The number of carbonyl (C=O) groups is 1. The summed E-state index contributed by atoms with van der Waals surface area (Å²) in [4.78, 5) is 29.9. The van der Waals surface area contributed by atoms with Crippen molar-refractivity contribution < 1.29 is 14.3 Å². The lowest BCUT2D eigenvalue weighted by atomic mass is 10.2. The smallest absolute Gasteiger partial charge is 0.275 e.